The molecule has 3 heterocycles. The lowest BCUT2D eigenvalue weighted by molar-refractivity contribution is 0.578. The third-order valence-corrected chi connectivity index (χ3v) is 12.3. The minimum absolute atomic E-state index is 0.0687. The smallest absolute Gasteiger partial charge is 0.0792 e. The minimum Gasteiger partial charge on any atom is -0.372 e. The molecule has 2 fully saturated rings. The molecule has 2 aliphatic heterocycles. The van der Waals surface area contributed by atoms with Crippen molar-refractivity contribution in [1.82, 2.24) is 4.98 Å². The number of pyridine rings is 1. The Balaban J connectivity index is 1.31. The Kier molecular flexibility index (Phi) is 7.20. The number of fused-ring (bicyclic) bond motifs is 6. The van der Waals surface area contributed by atoms with E-state index in [0.29, 0.717) is 0 Å². The summed E-state index contributed by atoms with van der Waals surface area (Å²) in [6.07, 6.45) is 9.67. The summed E-state index contributed by atoms with van der Waals surface area (Å²) in [6, 6.07) is 41.8. The fourth-order valence-electron chi connectivity index (χ4n) is 9.65. The van der Waals surface area contributed by atoms with Gasteiger partial charge in [0.25, 0.3) is 0 Å². The molecule has 7 aromatic rings. The van der Waals surface area contributed by atoms with E-state index in [-0.39, 0.29) is 5.41 Å². The predicted octanol–water partition coefficient (Wildman–Crippen LogP) is 12.2. The first-order valence-corrected chi connectivity index (χ1v) is 19.2. The van der Waals surface area contributed by atoms with Gasteiger partial charge >= 0.3 is 0 Å². The molecular weight excluding hydrogens is 619 g/mol. The van der Waals surface area contributed by atoms with Gasteiger partial charge in [0, 0.05) is 60.1 Å². The number of piperidine rings is 2. The van der Waals surface area contributed by atoms with Crippen LogP contribution in [-0.4, -0.2) is 31.2 Å². The molecule has 0 saturated carbocycles. The van der Waals surface area contributed by atoms with Crippen molar-refractivity contribution >= 4 is 43.7 Å². The summed E-state index contributed by atoms with van der Waals surface area (Å²) < 4.78 is 0. The van der Waals surface area contributed by atoms with Gasteiger partial charge in [0.05, 0.1) is 5.69 Å². The maximum atomic E-state index is 5.20. The summed E-state index contributed by atoms with van der Waals surface area (Å²) in [4.78, 5) is 10.4. The van der Waals surface area contributed by atoms with Crippen molar-refractivity contribution in [2.75, 3.05) is 36.0 Å². The SMILES string of the molecule is CC1(C)c2ccccc2-c2ccc(-c3c4cc(N5CCCCC5)ccc4c(-c4nccc5ccccc45)c4cc(N5CCCCC5)ccc34)cc21. The summed E-state index contributed by atoms with van der Waals surface area (Å²) in [5.74, 6) is 0. The highest BCUT2D eigenvalue weighted by molar-refractivity contribution is 6.24. The van der Waals surface area contributed by atoms with Crippen molar-refractivity contribution in [2.45, 2.75) is 57.8 Å². The van der Waals surface area contributed by atoms with Crippen LogP contribution in [0, 0.1) is 0 Å². The van der Waals surface area contributed by atoms with E-state index in [4.69, 9.17) is 4.98 Å². The molecule has 0 N–H and O–H groups in total. The number of hydrogen-bond acceptors (Lipinski definition) is 3. The molecule has 6 aromatic carbocycles. The molecule has 0 amide bonds. The van der Waals surface area contributed by atoms with Gasteiger partial charge in [0.15, 0.2) is 0 Å². The lowest BCUT2D eigenvalue weighted by atomic mass is 9.80. The molecule has 3 nitrogen and oxygen atoms in total. The normalized spacial score (nSPS) is 16.9. The summed E-state index contributed by atoms with van der Waals surface area (Å²) in [5.41, 5.74) is 13.1. The average Bonchev–Trinajstić information content (AvgIpc) is 3.42. The van der Waals surface area contributed by atoms with Crippen molar-refractivity contribution in [2.24, 2.45) is 0 Å². The first-order chi connectivity index (χ1) is 25.1. The Morgan fingerprint density at radius 3 is 1.82 bits per heavy atom. The maximum Gasteiger partial charge on any atom is 0.0792 e. The van der Waals surface area contributed by atoms with Gasteiger partial charge in [-0.25, -0.2) is 0 Å². The van der Waals surface area contributed by atoms with E-state index in [9.17, 15) is 0 Å². The van der Waals surface area contributed by atoms with E-state index < -0.39 is 0 Å². The molecule has 1 aliphatic carbocycles. The highest BCUT2D eigenvalue weighted by Crippen LogP contribution is 2.52. The van der Waals surface area contributed by atoms with Crippen LogP contribution < -0.4 is 9.80 Å². The Bertz CT molecular complexity index is 2470. The van der Waals surface area contributed by atoms with Crippen molar-refractivity contribution in [1.29, 1.82) is 0 Å². The highest BCUT2D eigenvalue weighted by Gasteiger charge is 2.35. The van der Waals surface area contributed by atoms with Gasteiger partial charge in [-0.1, -0.05) is 86.6 Å². The molecular formula is C48H45N3. The molecule has 0 bridgehead atoms. The molecule has 3 aliphatic rings. The summed E-state index contributed by atoms with van der Waals surface area (Å²) in [6.45, 7) is 9.27. The number of hydrogen-bond donors (Lipinski definition) is 0. The summed E-state index contributed by atoms with van der Waals surface area (Å²) >= 11 is 0. The lowest BCUT2D eigenvalue weighted by Crippen LogP contribution is -2.29. The molecule has 0 spiro atoms. The van der Waals surface area contributed by atoms with Gasteiger partial charge in [-0.15, -0.1) is 0 Å². The van der Waals surface area contributed by atoms with Crippen molar-refractivity contribution in [3.63, 3.8) is 0 Å². The van der Waals surface area contributed by atoms with E-state index in [1.807, 2.05) is 6.20 Å². The third-order valence-electron chi connectivity index (χ3n) is 12.3. The molecule has 1 aromatic heterocycles. The van der Waals surface area contributed by atoms with Crippen LogP contribution in [-0.2, 0) is 5.41 Å². The topological polar surface area (TPSA) is 19.4 Å². The van der Waals surface area contributed by atoms with Crippen molar-refractivity contribution in [3.05, 3.63) is 127 Å². The van der Waals surface area contributed by atoms with Crippen LogP contribution in [0.5, 0.6) is 0 Å². The molecule has 10 rings (SSSR count). The van der Waals surface area contributed by atoms with E-state index in [1.165, 1.54) is 121 Å². The second-order valence-corrected chi connectivity index (χ2v) is 15.6. The van der Waals surface area contributed by atoms with Crippen LogP contribution in [0.25, 0.3) is 65.8 Å². The van der Waals surface area contributed by atoms with Gasteiger partial charge < -0.3 is 9.80 Å². The van der Waals surface area contributed by atoms with Crippen LogP contribution in [0.2, 0.25) is 0 Å². The molecule has 0 unspecified atom stereocenters. The Labute approximate surface area is 301 Å². The van der Waals surface area contributed by atoms with Crippen LogP contribution in [0.15, 0.2) is 115 Å². The fraction of sp³-hybridized carbons (Fsp3) is 0.271. The highest BCUT2D eigenvalue weighted by atomic mass is 15.1. The van der Waals surface area contributed by atoms with Crippen LogP contribution in [0.1, 0.15) is 63.5 Å². The van der Waals surface area contributed by atoms with Crippen LogP contribution in [0.3, 0.4) is 0 Å². The second-order valence-electron chi connectivity index (χ2n) is 15.6. The quantitative estimate of drug-likeness (QED) is 0.175. The zero-order valence-corrected chi connectivity index (χ0v) is 29.9. The number of aromatic nitrogens is 1. The molecule has 3 heteroatoms. The van der Waals surface area contributed by atoms with Gasteiger partial charge in [0.2, 0.25) is 0 Å². The van der Waals surface area contributed by atoms with Gasteiger partial charge in [-0.2, -0.15) is 0 Å². The van der Waals surface area contributed by atoms with Gasteiger partial charge in [-0.05, 0) is 135 Å². The van der Waals surface area contributed by atoms with E-state index in [2.05, 4.69) is 133 Å². The first kappa shape index (κ1) is 30.7. The largest absolute Gasteiger partial charge is 0.372 e. The van der Waals surface area contributed by atoms with Gasteiger partial charge in [0.1, 0.15) is 0 Å². The van der Waals surface area contributed by atoms with Crippen LogP contribution in [0.4, 0.5) is 11.4 Å². The van der Waals surface area contributed by atoms with Crippen molar-refractivity contribution < 1.29 is 0 Å². The lowest BCUT2D eigenvalue weighted by Gasteiger charge is -2.30. The average molecular weight is 664 g/mol. The number of rotatable bonds is 4. The summed E-state index contributed by atoms with van der Waals surface area (Å²) in [5, 5.41) is 7.62. The Morgan fingerprint density at radius 1 is 0.490 bits per heavy atom. The Hall–Kier alpha value is -5.15. The number of benzene rings is 6. The van der Waals surface area contributed by atoms with Crippen molar-refractivity contribution in [3.8, 4) is 33.5 Å². The van der Waals surface area contributed by atoms with Crippen LogP contribution >= 0.6 is 0 Å². The molecule has 252 valence electrons. The van der Waals surface area contributed by atoms with E-state index >= 15 is 0 Å². The monoisotopic (exact) mass is 663 g/mol. The molecule has 0 atom stereocenters. The third kappa shape index (κ3) is 4.88. The van der Waals surface area contributed by atoms with E-state index in [0.717, 1.165) is 31.9 Å². The second kappa shape index (κ2) is 12.0. The summed E-state index contributed by atoms with van der Waals surface area (Å²) in [7, 11) is 0. The molecule has 0 radical (unpaired) electrons. The molecule has 2 saturated heterocycles. The number of anilines is 2. The Morgan fingerprint density at radius 2 is 1.10 bits per heavy atom. The fourth-order valence-corrected chi connectivity index (χ4v) is 9.65. The van der Waals surface area contributed by atoms with Gasteiger partial charge in [-0.3, -0.25) is 4.98 Å². The van der Waals surface area contributed by atoms with E-state index in [1.54, 1.807) is 0 Å². The zero-order valence-electron chi connectivity index (χ0n) is 29.9. The maximum absolute atomic E-state index is 5.20. The molecule has 51 heavy (non-hydrogen) atoms. The standard InChI is InChI=1S/C48H45N3/c1-48(2)43-16-8-7-15-37(43)38-20-17-33(29-44(38)48)45-39-21-18-35(51-27-11-4-12-28-51)31-42(39)46(47-36-14-6-5-13-32(36)23-24-49-47)40-22-19-34(30-41(40)45)50-25-9-3-10-26-50/h5-8,13-24,29-31H,3-4,9-12,25-28H2,1-2H3. The number of nitrogens with zero attached hydrogens (tertiary/aromatic N) is 3. The minimum atomic E-state index is -0.0687. The first-order valence-electron chi connectivity index (χ1n) is 19.2. The zero-order chi connectivity index (χ0) is 34.1. The predicted molar refractivity (Wildman–Crippen MR) is 217 cm³/mol.